The van der Waals surface area contributed by atoms with Gasteiger partial charge in [-0.05, 0) is 69.5 Å². The van der Waals surface area contributed by atoms with Crippen molar-refractivity contribution in [2.24, 2.45) is 5.92 Å². The van der Waals surface area contributed by atoms with Crippen molar-refractivity contribution in [2.45, 2.75) is 81.4 Å². The summed E-state index contributed by atoms with van der Waals surface area (Å²) in [7, 11) is 1.66. The molecule has 6 nitrogen and oxygen atoms in total. The number of phenols is 1. The number of aryl methyl sites for hydroxylation is 1. The van der Waals surface area contributed by atoms with Crippen LogP contribution in [0.2, 0.25) is 0 Å². The molecule has 5 atom stereocenters. The summed E-state index contributed by atoms with van der Waals surface area (Å²) in [4.78, 5) is 18.8. The molecular formula is C40H48N2O4. The number of Topliss-reactive ketones (excluding diaryl/α,β-unsaturated/α-hetero) is 1. The predicted octanol–water partition coefficient (Wildman–Crippen LogP) is 6.98. The summed E-state index contributed by atoms with van der Waals surface area (Å²) in [6.07, 6.45) is 11.4. The standard InChI is InChI=1S/C40H48N2O4/c1-3-22-41-24-21-40-31-19-20-32(39(40)46-38-36(45-2)26-34(43)30(37(38)40)25-33(31)41)42(27-35(44)29-17-11-7-12-18-29)23-13-5-4-8-14-28-15-9-6-10-16-28/h3,6-7,9-12,15-18,26,31-33,39,43H,1,4-5,8,13-14,19-25,27H2,2H3/t31-,32-,33+,39-,40-/m0/s1. The van der Waals surface area contributed by atoms with Gasteiger partial charge in [-0.25, -0.2) is 0 Å². The van der Waals surface area contributed by atoms with Crippen molar-refractivity contribution in [2.75, 3.05) is 33.3 Å². The number of aromatic hydroxyl groups is 1. The molecule has 2 bridgehead atoms. The molecule has 4 aliphatic rings. The van der Waals surface area contributed by atoms with Crippen molar-refractivity contribution in [1.29, 1.82) is 0 Å². The number of piperidine rings is 1. The molecule has 242 valence electrons. The fourth-order valence-electron chi connectivity index (χ4n) is 9.47. The lowest BCUT2D eigenvalue weighted by Crippen LogP contribution is -2.69. The fraction of sp³-hybridized carbons (Fsp3) is 0.475. The second kappa shape index (κ2) is 13.2. The van der Waals surface area contributed by atoms with E-state index in [1.165, 1.54) is 24.0 Å². The Hall–Kier alpha value is -3.61. The smallest absolute Gasteiger partial charge is 0.176 e. The molecule has 1 saturated heterocycles. The number of ketones is 1. The summed E-state index contributed by atoms with van der Waals surface area (Å²) in [5.41, 5.74) is 4.18. The number of hydrogen-bond donors (Lipinski definition) is 1. The minimum absolute atomic E-state index is 0.0916. The minimum Gasteiger partial charge on any atom is -0.508 e. The molecule has 1 N–H and O–H groups in total. The van der Waals surface area contributed by atoms with E-state index in [0.29, 0.717) is 30.0 Å². The predicted molar refractivity (Wildman–Crippen MR) is 182 cm³/mol. The van der Waals surface area contributed by atoms with E-state index < -0.39 is 0 Å². The van der Waals surface area contributed by atoms with Gasteiger partial charge >= 0.3 is 0 Å². The zero-order valence-electron chi connectivity index (χ0n) is 27.2. The fourth-order valence-corrected chi connectivity index (χ4v) is 9.47. The van der Waals surface area contributed by atoms with Gasteiger partial charge in [0.15, 0.2) is 17.3 Å². The first kappa shape index (κ1) is 31.0. The molecule has 46 heavy (non-hydrogen) atoms. The number of carbonyl (C=O) groups is 1. The average Bonchev–Trinajstić information content (AvgIpc) is 3.43. The molecule has 3 aromatic carbocycles. The number of benzene rings is 3. The van der Waals surface area contributed by atoms with Crippen LogP contribution >= 0.6 is 0 Å². The number of nitrogens with zero attached hydrogens (tertiary/aromatic N) is 2. The highest BCUT2D eigenvalue weighted by Gasteiger charge is 2.66. The highest BCUT2D eigenvalue weighted by atomic mass is 16.5. The highest BCUT2D eigenvalue weighted by molar-refractivity contribution is 5.97. The third-order valence-corrected chi connectivity index (χ3v) is 11.5. The number of rotatable bonds is 14. The van der Waals surface area contributed by atoms with Crippen LogP contribution in [0.25, 0.3) is 0 Å². The summed E-state index contributed by atoms with van der Waals surface area (Å²) in [6.45, 7) is 7.13. The van der Waals surface area contributed by atoms with E-state index in [4.69, 9.17) is 9.47 Å². The first-order valence-electron chi connectivity index (χ1n) is 17.4. The normalized spacial score (nSPS) is 26.0. The lowest BCUT2D eigenvalue weighted by atomic mass is 9.50. The SMILES string of the molecule is C=CCN1CC[C@]23c4c5c(O)cc(OC)c4O[C@H]2[C@@H](N(CCCCCCc2ccccc2)CC(=O)c2ccccc2)CC[C@H]3[C@H]1C5. The van der Waals surface area contributed by atoms with E-state index >= 15 is 0 Å². The van der Waals surface area contributed by atoms with Crippen LogP contribution in [-0.4, -0.2) is 72.2 Å². The Kier molecular flexibility index (Phi) is 8.93. The van der Waals surface area contributed by atoms with Crippen molar-refractivity contribution >= 4 is 5.78 Å². The molecule has 0 unspecified atom stereocenters. The second-order valence-electron chi connectivity index (χ2n) is 13.8. The maximum Gasteiger partial charge on any atom is 0.176 e. The van der Waals surface area contributed by atoms with Gasteiger partial charge in [-0.1, -0.05) is 79.6 Å². The summed E-state index contributed by atoms with van der Waals surface area (Å²) < 4.78 is 12.9. The van der Waals surface area contributed by atoms with Gasteiger partial charge < -0.3 is 14.6 Å². The Bertz CT molecular complexity index is 1540. The van der Waals surface area contributed by atoms with Crippen LogP contribution in [0.4, 0.5) is 0 Å². The summed E-state index contributed by atoms with van der Waals surface area (Å²) in [6, 6.07) is 22.6. The topological polar surface area (TPSA) is 62.2 Å². The molecular weight excluding hydrogens is 572 g/mol. The van der Waals surface area contributed by atoms with Crippen LogP contribution in [0.3, 0.4) is 0 Å². The zero-order chi connectivity index (χ0) is 31.7. The number of ether oxygens (including phenoxy) is 2. The number of phenolic OH excluding ortho intramolecular Hbond substituents is 1. The quantitative estimate of drug-likeness (QED) is 0.119. The van der Waals surface area contributed by atoms with Crippen molar-refractivity contribution in [3.8, 4) is 17.2 Å². The van der Waals surface area contributed by atoms with Gasteiger partial charge in [0.25, 0.3) is 0 Å². The van der Waals surface area contributed by atoms with Gasteiger partial charge in [0.1, 0.15) is 11.9 Å². The Labute approximate surface area is 274 Å². The number of likely N-dealkylation sites (tertiary alicyclic amines) is 1. The molecule has 7 rings (SSSR count). The van der Waals surface area contributed by atoms with Crippen molar-refractivity contribution in [1.82, 2.24) is 9.80 Å². The molecule has 2 aliphatic carbocycles. The lowest BCUT2D eigenvalue weighted by molar-refractivity contribution is -0.0850. The Balaban J connectivity index is 1.17. The first-order valence-corrected chi connectivity index (χ1v) is 17.4. The zero-order valence-corrected chi connectivity index (χ0v) is 27.2. The monoisotopic (exact) mass is 620 g/mol. The Morgan fingerprint density at radius 3 is 2.61 bits per heavy atom. The first-order chi connectivity index (χ1) is 22.5. The second-order valence-corrected chi connectivity index (χ2v) is 13.8. The molecule has 2 heterocycles. The van der Waals surface area contributed by atoms with Crippen LogP contribution in [0.1, 0.15) is 72.0 Å². The van der Waals surface area contributed by atoms with E-state index in [0.717, 1.165) is 81.5 Å². The maximum atomic E-state index is 13.8. The maximum absolute atomic E-state index is 13.8. The van der Waals surface area contributed by atoms with Gasteiger partial charge in [0.2, 0.25) is 0 Å². The highest BCUT2D eigenvalue weighted by Crippen LogP contribution is 2.65. The Morgan fingerprint density at radius 2 is 1.85 bits per heavy atom. The van der Waals surface area contributed by atoms with E-state index in [1.54, 1.807) is 13.2 Å². The van der Waals surface area contributed by atoms with Crippen LogP contribution in [-0.2, 0) is 18.3 Å². The van der Waals surface area contributed by atoms with Crippen LogP contribution in [0, 0.1) is 5.92 Å². The lowest BCUT2D eigenvalue weighted by Gasteiger charge is -2.60. The minimum atomic E-state index is -0.204. The van der Waals surface area contributed by atoms with Crippen LogP contribution in [0.15, 0.2) is 79.4 Å². The van der Waals surface area contributed by atoms with E-state index in [9.17, 15) is 9.90 Å². The summed E-state index contributed by atoms with van der Waals surface area (Å²) >= 11 is 0. The van der Waals surface area contributed by atoms with Gasteiger partial charge in [-0.3, -0.25) is 14.6 Å². The molecule has 0 aromatic heterocycles. The molecule has 1 spiro atoms. The molecule has 2 fully saturated rings. The number of hydrogen-bond acceptors (Lipinski definition) is 6. The molecule has 3 aromatic rings. The van der Waals surface area contributed by atoms with Gasteiger partial charge in [-0.2, -0.15) is 0 Å². The van der Waals surface area contributed by atoms with E-state index in [-0.39, 0.29) is 23.3 Å². The van der Waals surface area contributed by atoms with Crippen molar-refractivity contribution < 1.29 is 19.4 Å². The van der Waals surface area contributed by atoms with Gasteiger partial charge in [0.05, 0.1) is 13.7 Å². The van der Waals surface area contributed by atoms with E-state index in [1.807, 2.05) is 36.4 Å². The largest absolute Gasteiger partial charge is 0.508 e. The number of carbonyl (C=O) groups excluding carboxylic acids is 1. The van der Waals surface area contributed by atoms with Crippen LogP contribution < -0.4 is 9.47 Å². The van der Waals surface area contributed by atoms with Gasteiger partial charge in [-0.15, -0.1) is 6.58 Å². The number of methoxy groups -OCH3 is 1. The average molecular weight is 621 g/mol. The van der Waals surface area contributed by atoms with Crippen molar-refractivity contribution in [3.63, 3.8) is 0 Å². The third-order valence-electron chi connectivity index (χ3n) is 11.5. The molecule has 0 amide bonds. The number of unbranched alkanes of at least 4 members (excludes halogenated alkanes) is 3. The van der Waals surface area contributed by atoms with Crippen molar-refractivity contribution in [3.05, 3.63) is 102 Å². The summed E-state index contributed by atoms with van der Waals surface area (Å²) in [5.74, 6) is 2.35. The van der Waals surface area contributed by atoms with Crippen LogP contribution in [0.5, 0.6) is 17.2 Å². The molecule has 2 aliphatic heterocycles. The van der Waals surface area contributed by atoms with E-state index in [2.05, 4.69) is 46.7 Å². The van der Waals surface area contributed by atoms with Gasteiger partial charge in [0, 0.05) is 46.8 Å². The summed E-state index contributed by atoms with van der Waals surface area (Å²) in [5, 5.41) is 11.3. The Morgan fingerprint density at radius 1 is 1.09 bits per heavy atom. The molecule has 6 heteroatoms. The molecule has 0 radical (unpaired) electrons. The molecule has 1 saturated carbocycles. The third kappa shape index (κ3) is 5.43.